The summed E-state index contributed by atoms with van der Waals surface area (Å²) in [5.74, 6) is -0.241. The third kappa shape index (κ3) is 4.94. The maximum atomic E-state index is 13.7. The Morgan fingerprint density at radius 2 is 1.59 bits per heavy atom. The third-order valence-corrected chi connectivity index (χ3v) is 5.00. The normalized spacial score (nSPS) is 14.7. The van der Waals surface area contributed by atoms with Crippen molar-refractivity contribution in [3.63, 3.8) is 0 Å². The minimum absolute atomic E-state index is 0.00987. The number of rotatable bonds is 4. The van der Waals surface area contributed by atoms with Crippen LogP contribution in [0.3, 0.4) is 0 Å². The van der Waals surface area contributed by atoms with Gasteiger partial charge in [-0.3, -0.25) is 9.59 Å². The molecule has 4 nitrogen and oxygen atoms in total. The molecule has 27 heavy (non-hydrogen) atoms. The predicted molar refractivity (Wildman–Crippen MR) is 103 cm³/mol. The van der Waals surface area contributed by atoms with Crippen molar-refractivity contribution in [3.8, 4) is 0 Å². The van der Waals surface area contributed by atoms with Crippen molar-refractivity contribution in [2.75, 3.05) is 26.2 Å². The summed E-state index contributed by atoms with van der Waals surface area (Å²) < 4.78 is 13.7. The van der Waals surface area contributed by atoms with E-state index in [1.54, 1.807) is 23.1 Å². The lowest BCUT2D eigenvalue weighted by Gasteiger charge is -2.22. The van der Waals surface area contributed by atoms with E-state index in [1.807, 2.05) is 36.1 Å². The van der Waals surface area contributed by atoms with E-state index in [-0.39, 0.29) is 24.1 Å². The van der Waals surface area contributed by atoms with E-state index in [2.05, 4.69) is 0 Å². The van der Waals surface area contributed by atoms with Crippen LogP contribution in [-0.2, 0) is 11.2 Å². The van der Waals surface area contributed by atoms with Gasteiger partial charge >= 0.3 is 0 Å². The van der Waals surface area contributed by atoms with Gasteiger partial charge in [0.25, 0.3) is 5.91 Å². The highest BCUT2D eigenvalue weighted by Crippen LogP contribution is 2.13. The van der Waals surface area contributed by atoms with Crippen LogP contribution in [0.15, 0.2) is 48.5 Å². The van der Waals surface area contributed by atoms with Gasteiger partial charge in [0.15, 0.2) is 0 Å². The van der Waals surface area contributed by atoms with Crippen molar-refractivity contribution in [1.29, 1.82) is 0 Å². The van der Waals surface area contributed by atoms with Crippen molar-refractivity contribution in [1.82, 2.24) is 9.80 Å². The lowest BCUT2D eigenvalue weighted by atomic mass is 10.1. The first-order chi connectivity index (χ1) is 13.0. The van der Waals surface area contributed by atoms with Crippen LogP contribution in [-0.4, -0.2) is 47.8 Å². The molecule has 0 saturated carbocycles. The molecule has 1 heterocycles. The molecule has 3 rings (SSSR count). The van der Waals surface area contributed by atoms with Crippen LogP contribution in [0.25, 0.3) is 0 Å². The molecule has 0 spiro atoms. The van der Waals surface area contributed by atoms with E-state index in [0.29, 0.717) is 43.7 Å². The number of nitrogens with zero attached hydrogens (tertiary/aromatic N) is 2. The average molecular weight is 368 g/mol. The van der Waals surface area contributed by atoms with Crippen LogP contribution in [0, 0.1) is 12.7 Å². The second-order valence-corrected chi connectivity index (χ2v) is 6.98. The Morgan fingerprint density at radius 1 is 0.926 bits per heavy atom. The Morgan fingerprint density at radius 3 is 2.33 bits per heavy atom. The summed E-state index contributed by atoms with van der Waals surface area (Å²) in [6.45, 7) is 4.31. The van der Waals surface area contributed by atoms with Gasteiger partial charge in [0.1, 0.15) is 5.82 Å². The van der Waals surface area contributed by atoms with Crippen LogP contribution >= 0.6 is 0 Å². The quantitative estimate of drug-likeness (QED) is 0.829. The second-order valence-electron chi connectivity index (χ2n) is 6.98. The standard InChI is InChI=1S/C22H25FN2O2/c1-17-7-9-19(10-8-17)22(27)25-14-4-13-24(15-16-25)21(26)12-11-18-5-2-3-6-20(18)23/h2-3,5-10H,4,11-16H2,1H3. The summed E-state index contributed by atoms with van der Waals surface area (Å²) in [7, 11) is 0. The largest absolute Gasteiger partial charge is 0.341 e. The number of aryl methyl sites for hydroxylation is 2. The Bertz CT molecular complexity index is 804. The first kappa shape index (κ1) is 19.1. The lowest BCUT2D eigenvalue weighted by molar-refractivity contribution is -0.131. The first-order valence-electron chi connectivity index (χ1n) is 9.42. The molecule has 1 aliphatic rings. The zero-order valence-corrected chi connectivity index (χ0v) is 15.7. The Hall–Kier alpha value is -2.69. The smallest absolute Gasteiger partial charge is 0.253 e. The maximum Gasteiger partial charge on any atom is 0.253 e. The number of hydrogen-bond donors (Lipinski definition) is 0. The van der Waals surface area contributed by atoms with Crippen molar-refractivity contribution >= 4 is 11.8 Å². The molecular weight excluding hydrogens is 343 g/mol. The molecule has 2 amide bonds. The second kappa shape index (κ2) is 8.80. The monoisotopic (exact) mass is 368 g/mol. The molecule has 0 radical (unpaired) electrons. The van der Waals surface area contributed by atoms with E-state index in [1.165, 1.54) is 6.07 Å². The van der Waals surface area contributed by atoms with E-state index in [4.69, 9.17) is 0 Å². The molecule has 0 aliphatic carbocycles. The van der Waals surface area contributed by atoms with Gasteiger partial charge in [0.05, 0.1) is 0 Å². The van der Waals surface area contributed by atoms with Crippen LogP contribution in [0.2, 0.25) is 0 Å². The number of benzene rings is 2. The van der Waals surface area contributed by atoms with E-state index in [9.17, 15) is 14.0 Å². The summed E-state index contributed by atoms with van der Waals surface area (Å²) in [6, 6.07) is 14.1. The Labute approximate surface area is 159 Å². The number of carbonyl (C=O) groups excluding carboxylic acids is 2. The lowest BCUT2D eigenvalue weighted by Crippen LogP contribution is -2.37. The van der Waals surface area contributed by atoms with Crippen molar-refractivity contribution < 1.29 is 14.0 Å². The van der Waals surface area contributed by atoms with Gasteiger partial charge in [-0.15, -0.1) is 0 Å². The van der Waals surface area contributed by atoms with Gasteiger partial charge in [0, 0.05) is 38.2 Å². The molecule has 2 aromatic carbocycles. The number of hydrogen-bond acceptors (Lipinski definition) is 2. The minimum atomic E-state index is -0.268. The van der Waals surface area contributed by atoms with Gasteiger partial charge in [-0.05, 0) is 43.5 Å². The highest BCUT2D eigenvalue weighted by atomic mass is 19.1. The molecule has 1 aliphatic heterocycles. The highest BCUT2D eigenvalue weighted by molar-refractivity contribution is 5.94. The summed E-state index contributed by atoms with van der Waals surface area (Å²) in [6.07, 6.45) is 1.43. The number of carbonyl (C=O) groups is 2. The van der Waals surface area contributed by atoms with Gasteiger partial charge < -0.3 is 9.80 Å². The molecule has 5 heteroatoms. The fourth-order valence-electron chi connectivity index (χ4n) is 3.35. The molecule has 0 aromatic heterocycles. The zero-order chi connectivity index (χ0) is 19.2. The highest BCUT2D eigenvalue weighted by Gasteiger charge is 2.22. The molecule has 0 atom stereocenters. The van der Waals surface area contributed by atoms with Gasteiger partial charge in [0.2, 0.25) is 5.91 Å². The van der Waals surface area contributed by atoms with E-state index < -0.39 is 0 Å². The maximum absolute atomic E-state index is 13.7. The Kier molecular flexibility index (Phi) is 6.22. The molecular formula is C22H25FN2O2. The molecule has 142 valence electrons. The van der Waals surface area contributed by atoms with Gasteiger partial charge in [-0.2, -0.15) is 0 Å². The summed E-state index contributed by atoms with van der Waals surface area (Å²) >= 11 is 0. The van der Waals surface area contributed by atoms with E-state index in [0.717, 1.165) is 12.0 Å². The van der Waals surface area contributed by atoms with Gasteiger partial charge in [-0.25, -0.2) is 4.39 Å². The topological polar surface area (TPSA) is 40.6 Å². The number of halogens is 1. The SMILES string of the molecule is Cc1ccc(C(=O)N2CCCN(C(=O)CCc3ccccc3F)CC2)cc1. The summed E-state index contributed by atoms with van der Waals surface area (Å²) in [5, 5.41) is 0. The van der Waals surface area contributed by atoms with Crippen molar-refractivity contribution in [2.45, 2.75) is 26.2 Å². The summed E-state index contributed by atoms with van der Waals surface area (Å²) in [4.78, 5) is 28.8. The predicted octanol–water partition coefficient (Wildman–Crippen LogP) is 3.44. The van der Waals surface area contributed by atoms with E-state index >= 15 is 0 Å². The van der Waals surface area contributed by atoms with Gasteiger partial charge in [-0.1, -0.05) is 35.9 Å². The fourth-order valence-corrected chi connectivity index (χ4v) is 3.35. The first-order valence-corrected chi connectivity index (χ1v) is 9.42. The minimum Gasteiger partial charge on any atom is -0.341 e. The average Bonchev–Trinajstić information content (AvgIpc) is 2.93. The summed E-state index contributed by atoms with van der Waals surface area (Å²) in [5.41, 5.74) is 2.37. The Balaban J connectivity index is 1.54. The zero-order valence-electron chi connectivity index (χ0n) is 15.7. The van der Waals surface area contributed by atoms with Crippen LogP contribution in [0.4, 0.5) is 4.39 Å². The van der Waals surface area contributed by atoms with Crippen molar-refractivity contribution in [2.24, 2.45) is 0 Å². The third-order valence-electron chi connectivity index (χ3n) is 5.00. The van der Waals surface area contributed by atoms with Crippen LogP contribution < -0.4 is 0 Å². The fraction of sp³-hybridized carbons (Fsp3) is 0.364. The molecule has 2 aromatic rings. The van der Waals surface area contributed by atoms with Crippen LogP contribution in [0.5, 0.6) is 0 Å². The molecule has 1 saturated heterocycles. The molecule has 0 N–H and O–H groups in total. The van der Waals surface area contributed by atoms with Crippen LogP contribution in [0.1, 0.15) is 34.3 Å². The molecule has 1 fully saturated rings. The van der Waals surface area contributed by atoms with Crippen molar-refractivity contribution in [3.05, 3.63) is 71.0 Å². The number of amides is 2. The molecule has 0 unspecified atom stereocenters. The molecule has 0 bridgehead atoms.